The lowest BCUT2D eigenvalue weighted by Gasteiger charge is -2.41. The number of hydrogen-bond acceptors (Lipinski definition) is 3. The molecule has 0 aromatic carbocycles. The van der Waals surface area contributed by atoms with Crippen molar-refractivity contribution in [2.24, 2.45) is 10.4 Å². The van der Waals surface area contributed by atoms with E-state index in [-0.39, 0.29) is 29.9 Å². The quantitative estimate of drug-likeness (QED) is 0.318. The molecule has 6 heteroatoms. The average Bonchev–Trinajstić information content (AvgIpc) is 2.35. The van der Waals surface area contributed by atoms with Gasteiger partial charge in [-0.2, -0.15) is 0 Å². The van der Waals surface area contributed by atoms with Crippen LogP contribution in [-0.2, 0) is 9.53 Å². The lowest BCUT2D eigenvalue weighted by Crippen LogP contribution is -2.46. The van der Waals surface area contributed by atoms with Gasteiger partial charge in [-0.3, -0.25) is 9.79 Å². The minimum atomic E-state index is -0.207. The molecule has 0 bridgehead atoms. The van der Waals surface area contributed by atoms with Crippen molar-refractivity contribution in [1.29, 1.82) is 0 Å². The zero-order valence-electron chi connectivity index (χ0n) is 12.1. The Morgan fingerprint density at radius 2 is 2.05 bits per heavy atom. The van der Waals surface area contributed by atoms with Gasteiger partial charge >= 0.3 is 5.97 Å². The van der Waals surface area contributed by atoms with E-state index in [1.165, 1.54) is 32.8 Å². The first-order chi connectivity index (χ1) is 8.65. The highest BCUT2D eigenvalue weighted by Gasteiger charge is 2.34. The highest BCUT2D eigenvalue weighted by Crippen LogP contribution is 2.42. The van der Waals surface area contributed by atoms with Crippen LogP contribution in [0.5, 0.6) is 0 Å². The van der Waals surface area contributed by atoms with Gasteiger partial charge in [0.15, 0.2) is 5.96 Å². The Bertz CT molecular complexity index is 299. The molecule has 0 unspecified atom stereocenters. The molecule has 1 saturated carbocycles. The van der Waals surface area contributed by atoms with Crippen LogP contribution in [0.1, 0.15) is 39.0 Å². The van der Waals surface area contributed by atoms with E-state index < -0.39 is 0 Å². The fourth-order valence-corrected chi connectivity index (χ4v) is 2.21. The second kappa shape index (κ2) is 9.39. The Hall–Kier alpha value is -0.530. The number of guanidine groups is 1. The first kappa shape index (κ1) is 18.5. The molecule has 0 amide bonds. The van der Waals surface area contributed by atoms with E-state index >= 15 is 0 Å². The Balaban J connectivity index is 0.00000324. The number of nitrogens with zero attached hydrogens (tertiary/aromatic N) is 1. The van der Waals surface area contributed by atoms with Gasteiger partial charge in [-0.1, -0.05) is 13.3 Å². The molecule has 0 aromatic rings. The van der Waals surface area contributed by atoms with Crippen molar-refractivity contribution >= 4 is 35.9 Å². The van der Waals surface area contributed by atoms with Crippen LogP contribution in [-0.4, -0.2) is 39.2 Å². The summed E-state index contributed by atoms with van der Waals surface area (Å²) in [6.45, 7) is 3.75. The highest BCUT2D eigenvalue weighted by molar-refractivity contribution is 14.0. The zero-order chi connectivity index (χ0) is 13.4. The van der Waals surface area contributed by atoms with Crippen molar-refractivity contribution < 1.29 is 9.53 Å². The third kappa shape index (κ3) is 5.97. The molecule has 0 saturated heterocycles. The lowest BCUT2D eigenvalue weighted by molar-refractivity contribution is -0.140. The van der Waals surface area contributed by atoms with Crippen molar-refractivity contribution in [3.05, 3.63) is 0 Å². The standard InChI is InChI=1S/C13H25N3O2.HI/c1-4-13(7-5-8-13)10-16-12(14-2)15-9-6-11(17)18-3;/h4-10H2,1-3H3,(H2,14,15,16);1H. The normalized spacial score (nSPS) is 16.9. The van der Waals surface area contributed by atoms with Gasteiger partial charge in [0.1, 0.15) is 0 Å². The van der Waals surface area contributed by atoms with Gasteiger partial charge in [0, 0.05) is 20.1 Å². The Labute approximate surface area is 133 Å². The number of nitrogens with one attached hydrogen (secondary N) is 2. The molecule has 5 nitrogen and oxygen atoms in total. The van der Waals surface area contributed by atoms with Gasteiger partial charge < -0.3 is 15.4 Å². The highest BCUT2D eigenvalue weighted by atomic mass is 127. The third-order valence-electron chi connectivity index (χ3n) is 3.87. The topological polar surface area (TPSA) is 62.7 Å². The fourth-order valence-electron chi connectivity index (χ4n) is 2.21. The van der Waals surface area contributed by atoms with E-state index in [9.17, 15) is 4.79 Å². The molecule has 2 N–H and O–H groups in total. The van der Waals surface area contributed by atoms with E-state index in [1.807, 2.05) is 0 Å². The third-order valence-corrected chi connectivity index (χ3v) is 3.87. The lowest BCUT2D eigenvalue weighted by atomic mass is 9.67. The van der Waals surface area contributed by atoms with E-state index in [1.54, 1.807) is 7.05 Å². The molecular weight excluding hydrogens is 357 g/mol. The largest absolute Gasteiger partial charge is 0.469 e. The van der Waals surface area contributed by atoms with Crippen LogP contribution in [0.4, 0.5) is 0 Å². The first-order valence-corrected chi connectivity index (χ1v) is 6.67. The summed E-state index contributed by atoms with van der Waals surface area (Å²) in [5, 5.41) is 6.46. The monoisotopic (exact) mass is 383 g/mol. The van der Waals surface area contributed by atoms with E-state index in [4.69, 9.17) is 0 Å². The summed E-state index contributed by atoms with van der Waals surface area (Å²) < 4.78 is 4.58. The number of halogens is 1. The SMILES string of the molecule is CCC1(CNC(=NC)NCCC(=O)OC)CCC1.I. The molecular formula is C13H26IN3O2. The van der Waals surface area contributed by atoms with Crippen LogP contribution in [0.15, 0.2) is 4.99 Å². The molecule has 0 aromatic heterocycles. The number of rotatable bonds is 6. The average molecular weight is 383 g/mol. The van der Waals surface area contributed by atoms with Gasteiger partial charge in [-0.25, -0.2) is 0 Å². The smallest absolute Gasteiger partial charge is 0.307 e. The number of methoxy groups -OCH3 is 1. The molecule has 0 spiro atoms. The Morgan fingerprint density at radius 3 is 2.47 bits per heavy atom. The van der Waals surface area contributed by atoms with Crippen molar-refractivity contribution in [2.75, 3.05) is 27.2 Å². The summed E-state index contributed by atoms with van der Waals surface area (Å²) in [6, 6.07) is 0. The van der Waals surface area contributed by atoms with E-state index in [0.29, 0.717) is 18.4 Å². The molecule has 0 radical (unpaired) electrons. The van der Waals surface area contributed by atoms with Crippen LogP contribution >= 0.6 is 24.0 Å². The number of aliphatic imine (C=N–C) groups is 1. The summed E-state index contributed by atoms with van der Waals surface area (Å²) >= 11 is 0. The maximum absolute atomic E-state index is 11.0. The summed E-state index contributed by atoms with van der Waals surface area (Å²) in [5.41, 5.74) is 0.458. The molecule has 0 aliphatic heterocycles. The molecule has 1 rings (SSSR count). The molecule has 1 aliphatic carbocycles. The second-order valence-corrected chi connectivity index (χ2v) is 4.89. The van der Waals surface area contributed by atoms with Gasteiger partial charge in [0.2, 0.25) is 0 Å². The fraction of sp³-hybridized carbons (Fsp3) is 0.846. The maximum Gasteiger partial charge on any atom is 0.307 e. The van der Waals surface area contributed by atoms with Crippen molar-refractivity contribution in [1.82, 2.24) is 10.6 Å². The van der Waals surface area contributed by atoms with Gasteiger partial charge in [-0.15, -0.1) is 24.0 Å². The van der Waals surface area contributed by atoms with Crippen LogP contribution in [0.25, 0.3) is 0 Å². The number of esters is 1. The summed E-state index contributed by atoms with van der Waals surface area (Å²) in [6.07, 6.45) is 5.50. The van der Waals surface area contributed by atoms with Crippen LogP contribution in [0.2, 0.25) is 0 Å². The van der Waals surface area contributed by atoms with Crippen LogP contribution in [0.3, 0.4) is 0 Å². The van der Waals surface area contributed by atoms with E-state index in [0.717, 1.165) is 12.5 Å². The molecule has 19 heavy (non-hydrogen) atoms. The molecule has 0 atom stereocenters. The molecule has 1 fully saturated rings. The van der Waals surface area contributed by atoms with Crippen LogP contribution < -0.4 is 10.6 Å². The minimum Gasteiger partial charge on any atom is -0.469 e. The molecule has 112 valence electrons. The van der Waals surface area contributed by atoms with Crippen LogP contribution in [0, 0.1) is 5.41 Å². The van der Waals surface area contributed by atoms with Gasteiger partial charge in [0.05, 0.1) is 13.5 Å². The minimum absolute atomic E-state index is 0. The van der Waals surface area contributed by atoms with Gasteiger partial charge in [0.25, 0.3) is 0 Å². The number of carbonyl (C=O) groups is 1. The molecule has 1 aliphatic rings. The van der Waals surface area contributed by atoms with Gasteiger partial charge in [-0.05, 0) is 24.7 Å². The summed E-state index contributed by atoms with van der Waals surface area (Å²) in [4.78, 5) is 15.1. The number of hydrogen-bond donors (Lipinski definition) is 2. The maximum atomic E-state index is 11.0. The second-order valence-electron chi connectivity index (χ2n) is 4.89. The number of ether oxygens (including phenoxy) is 1. The first-order valence-electron chi connectivity index (χ1n) is 6.67. The zero-order valence-corrected chi connectivity index (χ0v) is 14.5. The summed E-state index contributed by atoms with van der Waals surface area (Å²) in [7, 11) is 3.14. The number of carbonyl (C=O) groups excluding carboxylic acids is 1. The predicted molar refractivity (Wildman–Crippen MR) is 88.0 cm³/mol. The van der Waals surface area contributed by atoms with Crippen molar-refractivity contribution in [3.8, 4) is 0 Å². The van der Waals surface area contributed by atoms with Crippen molar-refractivity contribution in [3.63, 3.8) is 0 Å². The predicted octanol–water partition coefficient (Wildman–Crippen LogP) is 1.91. The Kier molecular flexibility index (Phi) is 9.12. The van der Waals surface area contributed by atoms with Crippen molar-refractivity contribution in [2.45, 2.75) is 39.0 Å². The Morgan fingerprint density at radius 1 is 1.37 bits per heavy atom. The van der Waals surface area contributed by atoms with E-state index in [2.05, 4.69) is 27.3 Å². The molecule has 0 heterocycles. The summed E-state index contributed by atoms with van der Waals surface area (Å²) in [5.74, 6) is 0.556.